The van der Waals surface area contributed by atoms with E-state index in [-0.39, 0.29) is 0 Å². The van der Waals surface area contributed by atoms with Crippen LogP contribution in [0.4, 0.5) is 0 Å². The third-order valence-corrected chi connectivity index (χ3v) is 1.97. The summed E-state index contributed by atoms with van der Waals surface area (Å²) >= 11 is 0. The van der Waals surface area contributed by atoms with Crippen molar-refractivity contribution in [1.82, 2.24) is 0 Å². The average Bonchev–Trinajstić information content (AvgIpc) is 1.82. The minimum Gasteiger partial charge on any atom is -0.506 e. The van der Waals surface area contributed by atoms with Gasteiger partial charge in [-0.3, -0.25) is 4.55 Å². The fraction of sp³-hybridized carbons (Fsp3) is 0. The quantitative estimate of drug-likeness (QED) is 0.586. The van der Waals surface area contributed by atoms with E-state index >= 15 is 0 Å². The first-order valence-corrected chi connectivity index (χ1v) is 4.15. The lowest BCUT2D eigenvalue weighted by molar-refractivity contribution is 0.407. The monoisotopic (exact) mass is 192 g/mol. The molecule has 0 radical (unpaired) electrons. The van der Waals surface area contributed by atoms with Gasteiger partial charge in [0.2, 0.25) is 4.90 Å². The summed E-state index contributed by atoms with van der Waals surface area (Å²) < 4.78 is 33.3. The normalized spacial score (nSPS) is 11.4. The Balaban J connectivity index is 3.65. The van der Waals surface area contributed by atoms with Crippen molar-refractivity contribution in [2.75, 3.05) is 0 Å². The van der Waals surface area contributed by atoms with Gasteiger partial charge >= 0.3 is 15.7 Å². The molecular weight excluding hydrogens is 188 g/mol. The number of hydrogen-bond donors (Lipinski definition) is 2. The van der Waals surface area contributed by atoms with Crippen LogP contribution >= 0.6 is 0 Å². The first kappa shape index (κ1) is 8.75. The van der Waals surface area contributed by atoms with Crippen molar-refractivity contribution < 1.29 is 22.5 Å². The molecule has 0 amide bonds. The Morgan fingerprint density at radius 2 is 2.00 bits per heavy atom. The van der Waals surface area contributed by atoms with Crippen LogP contribution in [0.1, 0.15) is 0 Å². The highest BCUT2D eigenvalue weighted by Gasteiger charge is 2.20. The molecule has 0 bridgehead atoms. The third kappa shape index (κ3) is 1.46. The van der Waals surface area contributed by atoms with Crippen LogP contribution in [0.25, 0.3) is 0 Å². The van der Waals surface area contributed by atoms with Gasteiger partial charge in [-0.1, -0.05) is 0 Å². The standard InChI is InChI=1S/C5H4O6S/c6-3-1-2-11-5(7)4(3)12(8,9)10/h1-2,6H,(H,8,9,10). The summed E-state index contributed by atoms with van der Waals surface area (Å²) in [5.41, 5.74) is -1.31. The van der Waals surface area contributed by atoms with Gasteiger partial charge in [-0.05, 0) is 0 Å². The number of hydrogen-bond acceptors (Lipinski definition) is 5. The van der Waals surface area contributed by atoms with Crippen molar-refractivity contribution in [3.05, 3.63) is 22.7 Å². The van der Waals surface area contributed by atoms with Crippen molar-refractivity contribution in [2.45, 2.75) is 4.90 Å². The highest BCUT2D eigenvalue weighted by Crippen LogP contribution is 2.16. The molecule has 1 aromatic heterocycles. The minimum absolute atomic E-state index is 0.812. The molecule has 2 N–H and O–H groups in total. The first-order valence-electron chi connectivity index (χ1n) is 2.71. The summed E-state index contributed by atoms with van der Waals surface area (Å²) in [6, 6.07) is 0.838. The topological polar surface area (TPSA) is 105 Å². The lowest BCUT2D eigenvalue weighted by Gasteiger charge is -1.95. The molecule has 66 valence electrons. The molecule has 0 aliphatic heterocycles. The minimum atomic E-state index is -4.72. The summed E-state index contributed by atoms with van der Waals surface area (Å²) in [5.74, 6) is -0.839. The van der Waals surface area contributed by atoms with Crippen LogP contribution in [0.15, 0.2) is 26.4 Å². The third-order valence-electron chi connectivity index (χ3n) is 1.08. The fourth-order valence-corrected chi connectivity index (χ4v) is 1.22. The van der Waals surface area contributed by atoms with Gasteiger partial charge in [-0.15, -0.1) is 0 Å². The Morgan fingerprint density at radius 1 is 1.42 bits per heavy atom. The summed E-state index contributed by atoms with van der Waals surface area (Å²) in [5, 5.41) is 8.83. The molecule has 6 nitrogen and oxygen atoms in total. The van der Waals surface area contributed by atoms with Gasteiger partial charge in [0.15, 0.2) is 0 Å². The molecule has 1 heterocycles. The zero-order valence-corrected chi connectivity index (χ0v) is 6.41. The Kier molecular flexibility index (Phi) is 1.90. The van der Waals surface area contributed by atoms with E-state index in [1.807, 2.05) is 0 Å². The molecule has 0 fully saturated rings. The van der Waals surface area contributed by atoms with E-state index in [1.165, 1.54) is 0 Å². The lowest BCUT2D eigenvalue weighted by Crippen LogP contribution is -2.12. The molecule has 1 aromatic rings. The van der Waals surface area contributed by atoms with E-state index in [2.05, 4.69) is 4.42 Å². The molecule has 12 heavy (non-hydrogen) atoms. The Labute approximate surface area is 66.8 Å². The van der Waals surface area contributed by atoms with E-state index in [0.29, 0.717) is 0 Å². The van der Waals surface area contributed by atoms with Gasteiger partial charge in [0.05, 0.1) is 6.26 Å². The maximum atomic E-state index is 10.6. The van der Waals surface area contributed by atoms with Crippen LogP contribution in [0.5, 0.6) is 5.75 Å². The molecule has 0 spiro atoms. The zero-order chi connectivity index (χ0) is 9.35. The van der Waals surface area contributed by atoms with Crippen molar-refractivity contribution in [3.8, 4) is 5.75 Å². The molecule has 0 atom stereocenters. The van der Waals surface area contributed by atoms with Crippen molar-refractivity contribution in [2.24, 2.45) is 0 Å². The van der Waals surface area contributed by atoms with Crippen LogP contribution in [-0.4, -0.2) is 18.1 Å². The SMILES string of the molecule is O=c1occc(O)c1S(=O)(=O)O. The highest BCUT2D eigenvalue weighted by molar-refractivity contribution is 7.86. The highest BCUT2D eigenvalue weighted by atomic mass is 32.2. The number of aromatic hydroxyl groups is 1. The summed E-state index contributed by atoms with van der Waals surface area (Å²) in [6.45, 7) is 0. The van der Waals surface area contributed by atoms with Crippen LogP contribution in [0.3, 0.4) is 0 Å². The fourth-order valence-electron chi connectivity index (χ4n) is 0.631. The van der Waals surface area contributed by atoms with Gasteiger partial charge in [0, 0.05) is 6.07 Å². The molecule has 0 aromatic carbocycles. The van der Waals surface area contributed by atoms with Crippen molar-refractivity contribution in [3.63, 3.8) is 0 Å². The van der Waals surface area contributed by atoms with E-state index in [1.54, 1.807) is 0 Å². The number of rotatable bonds is 1. The van der Waals surface area contributed by atoms with E-state index in [0.717, 1.165) is 12.3 Å². The predicted octanol–water partition coefficient (Wildman–Crippen LogP) is -0.408. The van der Waals surface area contributed by atoms with Gasteiger partial charge in [0.1, 0.15) is 5.75 Å². The smallest absolute Gasteiger partial charge is 0.360 e. The zero-order valence-electron chi connectivity index (χ0n) is 5.59. The maximum Gasteiger partial charge on any atom is 0.360 e. The molecule has 1 rings (SSSR count). The molecule has 7 heteroatoms. The second-order valence-electron chi connectivity index (χ2n) is 1.90. The van der Waals surface area contributed by atoms with E-state index in [9.17, 15) is 13.2 Å². The Morgan fingerprint density at radius 3 is 2.33 bits per heavy atom. The lowest BCUT2D eigenvalue weighted by atomic mass is 10.5. The van der Waals surface area contributed by atoms with Crippen LogP contribution in [0, 0.1) is 0 Å². The summed E-state index contributed by atoms with van der Waals surface area (Å²) in [4.78, 5) is 9.47. The van der Waals surface area contributed by atoms with Gasteiger partial charge in [0.25, 0.3) is 0 Å². The first-order chi connectivity index (χ1) is 5.43. The Bertz CT molecular complexity index is 441. The molecule has 0 saturated heterocycles. The summed E-state index contributed by atoms with van der Waals surface area (Å²) in [6.07, 6.45) is 0.812. The summed E-state index contributed by atoms with van der Waals surface area (Å²) in [7, 11) is -4.72. The Hall–Kier alpha value is -1.34. The molecule has 0 unspecified atom stereocenters. The van der Waals surface area contributed by atoms with Crippen LogP contribution < -0.4 is 5.63 Å². The average molecular weight is 192 g/mol. The van der Waals surface area contributed by atoms with E-state index in [4.69, 9.17) is 9.66 Å². The largest absolute Gasteiger partial charge is 0.506 e. The molecule has 0 saturated carbocycles. The predicted molar refractivity (Wildman–Crippen MR) is 36.5 cm³/mol. The molecular formula is C5H4O6S. The molecule has 0 aliphatic carbocycles. The second kappa shape index (κ2) is 2.61. The molecule has 0 aliphatic rings. The van der Waals surface area contributed by atoms with Crippen LogP contribution in [-0.2, 0) is 10.1 Å². The van der Waals surface area contributed by atoms with E-state index < -0.39 is 26.4 Å². The maximum absolute atomic E-state index is 10.6. The van der Waals surface area contributed by atoms with Crippen LogP contribution in [0.2, 0.25) is 0 Å². The van der Waals surface area contributed by atoms with Gasteiger partial charge in [-0.25, -0.2) is 4.79 Å². The van der Waals surface area contributed by atoms with Crippen molar-refractivity contribution in [1.29, 1.82) is 0 Å². The van der Waals surface area contributed by atoms with Gasteiger partial charge < -0.3 is 9.52 Å². The van der Waals surface area contributed by atoms with Gasteiger partial charge in [-0.2, -0.15) is 8.42 Å². The van der Waals surface area contributed by atoms with Crippen molar-refractivity contribution >= 4 is 10.1 Å². The second-order valence-corrected chi connectivity index (χ2v) is 3.26.